The molecule has 0 spiro atoms. The highest BCUT2D eigenvalue weighted by Crippen LogP contribution is 2.28. The van der Waals surface area contributed by atoms with Crippen LogP contribution in [0.3, 0.4) is 0 Å². The van der Waals surface area contributed by atoms with E-state index in [4.69, 9.17) is 16.7 Å². The van der Waals surface area contributed by atoms with E-state index in [9.17, 15) is 18.0 Å². The minimum atomic E-state index is -3.59. The zero-order valence-electron chi connectivity index (χ0n) is 13.0. The van der Waals surface area contributed by atoms with E-state index < -0.39 is 16.0 Å². The van der Waals surface area contributed by atoms with Crippen LogP contribution < -0.4 is 0 Å². The monoisotopic (exact) mass is 394 g/mol. The number of thiophene rings is 1. The van der Waals surface area contributed by atoms with Crippen molar-refractivity contribution in [2.24, 2.45) is 0 Å². The summed E-state index contributed by atoms with van der Waals surface area (Å²) in [4.78, 5) is 24.2. The SMILES string of the molecule is O=C(O)CCCC(=O)N1CCCN(S(=O)(=O)c2ccc(Cl)s2)CC1. The van der Waals surface area contributed by atoms with E-state index in [2.05, 4.69) is 0 Å². The number of halogens is 1. The number of nitrogens with zero attached hydrogens (tertiary/aromatic N) is 2. The van der Waals surface area contributed by atoms with Gasteiger partial charge in [-0.25, -0.2) is 8.42 Å². The summed E-state index contributed by atoms with van der Waals surface area (Å²) in [5.41, 5.74) is 0. The predicted octanol–water partition coefficient (Wildman–Crippen LogP) is 1.88. The van der Waals surface area contributed by atoms with Crippen LogP contribution in [0.25, 0.3) is 0 Å². The molecule has 0 radical (unpaired) electrons. The van der Waals surface area contributed by atoms with E-state index in [-0.39, 0.29) is 29.5 Å². The topological polar surface area (TPSA) is 95.0 Å². The molecule has 1 aliphatic heterocycles. The molecule has 1 aliphatic rings. The number of rotatable bonds is 6. The molecule has 0 atom stereocenters. The van der Waals surface area contributed by atoms with Crippen LogP contribution in [0.2, 0.25) is 4.34 Å². The molecule has 134 valence electrons. The molecule has 1 aromatic rings. The molecular formula is C14H19ClN2O5S2. The quantitative estimate of drug-likeness (QED) is 0.794. The van der Waals surface area contributed by atoms with Crippen LogP contribution in [0.15, 0.2) is 16.3 Å². The molecule has 1 fully saturated rings. The highest BCUT2D eigenvalue weighted by molar-refractivity contribution is 7.91. The lowest BCUT2D eigenvalue weighted by atomic mass is 10.2. The molecule has 0 saturated carbocycles. The number of hydrogen-bond donors (Lipinski definition) is 1. The lowest BCUT2D eigenvalue weighted by Crippen LogP contribution is -2.37. The van der Waals surface area contributed by atoms with Crippen molar-refractivity contribution in [1.29, 1.82) is 0 Å². The first-order valence-electron chi connectivity index (χ1n) is 7.56. The Bertz CT molecular complexity index is 704. The van der Waals surface area contributed by atoms with Crippen LogP contribution in [-0.2, 0) is 19.6 Å². The minimum absolute atomic E-state index is 0.0424. The standard InChI is InChI=1S/C14H19ClN2O5S2/c15-11-5-6-14(23-11)24(21,22)17-8-2-7-16(9-10-17)12(18)3-1-4-13(19)20/h5-6H,1-4,7-10H2,(H,19,20). The van der Waals surface area contributed by atoms with Crippen LogP contribution in [0, 0.1) is 0 Å². The van der Waals surface area contributed by atoms with Crippen LogP contribution in [0.1, 0.15) is 25.7 Å². The molecule has 1 saturated heterocycles. The molecule has 10 heteroatoms. The number of sulfonamides is 1. The van der Waals surface area contributed by atoms with Crippen molar-refractivity contribution in [1.82, 2.24) is 9.21 Å². The van der Waals surface area contributed by atoms with Crippen molar-refractivity contribution in [3.63, 3.8) is 0 Å². The summed E-state index contributed by atoms with van der Waals surface area (Å²) in [6.45, 7) is 1.35. The summed E-state index contributed by atoms with van der Waals surface area (Å²) in [5, 5.41) is 8.61. The molecule has 2 heterocycles. The summed E-state index contributed by atoms with van der Waals surface area (Å²) >= 11 is 6.83. The van der Waals surface area contributed by atoms with Gasteiger partial charge in [0, 0.05) is 39.0 Å². The normalized spacial score (nSPS) is 16.8. The van der Waals surface area contributed by atoms with Crippen molar-refractivity contribution in [3.8, 4) is 0 Å². The molecule has 7 nitrogen and oxygen atoms in total. The van der Waals surface area contributed by atoms with Crippen LogP contribution in [0.5, 0.6) is 0 Å². The van der Waals surface area contributed by atoms with Crippen molar-refractivity contribution in [2.75, 3.05) is 26.2 Å². The van der Waals surface area contributed by atoms with Gasteiger partial charge in [-0.15, -0.1) is 11.3 Å². The minimum Gasteiger partial charge on any atom is -0.481 e. The Morgan fingerprint density at radius 2 is 1.92 bits per heavy atom. The highest BCUT2D eigenvalue weighted by atomic mass is 35.5. The number of carboxylic acids is 1. The van der Waals surface area contributed by atoms with Gasteiger partial charge in [-0.1, -0.05) is 11.6 Å². The van der Waals surface area contributed by atoms with E-state index in [1.54, 1.807) is 11.0 Å². The van der Waals surface area contributed by atoms with Gasteiger partial charge in [-0.3, -0.25) is 9.59 Å². The molecule has 0 bridgehead atoms. The van der Waals surface area contributed by atoms with Gasteiger partial charge in [-0.2, -0.15) is 4.31 Å². The third kappa shape index (κ3) is 4.92. The van der Waals surface area contributed by atoms with Gasteiger partial charge in [0.25, 0.3) is 10.0 Å². The Labute approximate surface area is 149 Å². The summed E-state index contributed by atoms with van der Waals surface area (Å²) in [6.07, 6.45) is 0.961. The second-order valence-electron chi connectivity index (χ2n) is 5.44. The maximum absolute atomic E-state index is 12.6. The average Bonchev–Trinajstić information content (AvgIpc) is 2.81. The first-order chi connectivity index (χ1) is 11.3. The molecule has 1 aromatic heterocycles. The van der Waals surface area contributed by atoms with E-state index in [0.29, 0.717) is 36.8 Å². The molecule has 24 heavy (non-hydrogen) atoms. The van der Waals surface area contributed by atoms with E-state index in [1.807, 2.05) is 0 Å². The smallest absolute Gasteiger partial charge is 0.303 e. The summed E-state index contributed by atoms with van der Waals surface area (Å²) in [5.74, 6) is -1.06. The first kappa shape index (κ1) is 19.2. The fourth-order valence-electron chi connectivity index (χ4n) is 2.50. The number of carboxylic acid groups (broad SMARTS) is 1. The number of carbonyl (C=O) groups excluding carboxylic acids is 1. The number of hydrogen-bond acceptors (Lipinski definition) is 5. The van der Waals surface area contributed by atoms with E-state index >= 15 is 0 Å². The Balaban J connectivity index is 1.95. The van der Waals surface area contributed by atoms with Crippen molar-refractivity contribution in [2.45, 2.75) is 29.9 Å². The van der Waals surface area contributed by atoms with Gasteiger partial charge in [0.2, 0.25) is 5.91 Å². The summed E-state index contributed by atoms with van der Waals surface area (Å²) in [6, 6.07) is 3.04. The number of carbonyl (C=O) groups is 2. The van der Waals surface area contributed by atoms with Gasteiger partial charge in [0.05, 0.1) is 4.34 Å². The maximum atomic E-state index is 12.6. The average molecular weight is 395 g/mol. The fourth-order valence-corrected chi connectivity index (χ4v) is 5.60. The van der Waals surface area contributed by atoms with Gasteiger partial charge in [-0.05, 0) is 25.0 Å². The Morgan fingerprint density at radius 1 is 1.17 bits per heavy atom. The van der Waals surface area contributed by atoms with Gasteiger partial charge < -0.3 is 10.0 Å². The third-order valence-corrected chi connectivity index (χ3v) is 7.33. The van der Waals surface area contributed by atoms with Crippen LogP contribution in [0.4, 0.5) is 0 Å². The van der Waals surface area contributed by atoms with Gasteiger partial charge in [0.1, 0.15) is 4.21 Å². The zero-order chi connectivity index (χ0) is 17.7. The number of aliphatic carboxylic acids is 1. The van der Waals surface area contributed by atoms with Crippen LogP contribution >= 0.6 is 22.9 Å². The Hall–Kier alpha value is -1.16. The molecule has 0 aromatic carbocycles. The molecule has 0 unspecified atom stereocenters. The van der Waals surface area contributed by atoms with Crippen molar-refractivity contribution >= 4 is 44.8 Å². The van der Waals surface area contributed by atoms with Gasteiger partial charge >= 0.3 is 5.97 Å². The van der Waals surface area contributed by atoms with Crippen molar-refractivity contribution < 1.29 is 23.1 Å². The van der Waals surface area contributed by atoms with E-state index in [0.717, 1.165) is 11.3 Å². The molecule has 2 rings (SSSR count). The first-order valence-corrected chi connectivity index (χ1v) is 10.2. The second-order valence-corrected chi connectivity index (χ2v) is 9.32. The zero-order valence-corrected chi connectivity index (χ0v) is 15.4. The van der Waals surface area contributed by atoms with E-state index in [1.165, 1.54) is 10.4 Å². The molecule has 0 aliphatic carbocycles. The van der Waals surface area contributed by atoms with Gasteiger partial charge in [0.15, 0.2) is 0 Å². The Morgan fingerprint density at radius 3 is 2.54 bits per heavy atom. The Kier molecular flexibility index (Phi) is 6.62. The predicted molar refractivity (Wildman–Crippen MR) is 90.8 cm³/mol. The largest absolute Gasteiger partial charge is 0.481 e. The van der Waals surface area contributed by atoms with Crippen molar-refractivity contribution in [3.05, 3.63) is 16.5 Å². The molecule has 1 N–H and O–H groups in total. The fraction of sp³-hybridized carbons (Fsp3) is 0.571. The molecular weight excluding hydrogens is 376 g/mol. The summed E-state index contributed by atoms with van der Waals surface area (Å²) < 4.78 is 27.2. The second kappa shape index (κ2) is 8.28. The lowest BCUT2D eigenvalue weighted by Gasteiger charge is -2.21. The molecule has 1 amide bonds. The van der Waals surface area contributed by atoms with Crippen LogP contribution in [-0.4, -0.2) is 60.8 Å². The summed E-state index contributed by atoms with van der Waals surface area (Å²) in [7, 11) is -3.59. The number of amides is 1. The lowest BCUT2D eigenvalue weighted by molar-refractivity contribution is -0.137. The third-order valence-electron chi connectivity index (χ3n) is 3.73. The highest BCUT2D eigenvalue weighted by Gasteiger charge is 2.29. The maximum Gasteiger partial charge on any atom is 0.303 e.